The van der Waals surface area contributed by atoms with E-state index in [0.29, 0.717) is 6.61 Å². The maximum absolute atomic E-state index is 12.6. The van der Waals surface area contributed by atoms with Crippen molar-refractivity contribution in [3.63, 3.8) is 0 Å². The minimum Gasteiger partial charge on any atom is -0.381 e. The summed E-state index contributed by atoms with van der Waals surface area (Å²) in [6.45, 7) is 11.8. The van der Waals surface area contributed by atoms with Crippen molar-refractivity contribution in [2.24, 2.45) is 5.92 Å². The van der Waals surface area contributed by atoms with Crippen LogP contribution >= 0.6 is 0 Å². The van der Waals surface area contributed by atoms with Crippen molar-refractivity contribution in [1.29, 1.82) is 0 Å². The van der Waals surface area contributed by atoms with E-state index in [4.69, 9.17) is 4.74 Å². The van der Waals surface area contributed by atoms with Gasteiger partial charge in [0.1, 0.15) is 0 Å². The molecule has 2 heteroatoms. The number of benzene rings is 1. The Hall–Kier alpha value is -1.15. The van der Waals surface area contributed by atoms with Gasteiger partial charge in [0.25, 0.3) is 0 Å². The first-order valence-corrected chi connectivity index (χ1v) is 6.64. The Bertz CT molecular complexity index is 465. The Labute approximate surface area is 109 Å². The van der Waals surface area contributed by atoms with Crippen molar-refractivity contribution in [3.8, 4) is 0 Å². The molecule has 1 fully saturated rings. The Balaban J connectivity index is 2.53. The van der Waals surface area contributed by atoms with Crippen LogP contribution < -0.4 is 0 Å². The van der Waals surface area contributed by atoms with Crippen LogP contribution in [-0.4, -0.2) is 19.0 Å². The van der Waals surface area contributed by atoms with Crippen LogP contribution in [0.15, 0.2) is 0 Å². The zero-order valence-electron chi connectivity index (χ0n) is 12.0. The zero-order valence-corrected chi connectivity index (χ0v) is 12.0. The average Bonchev–Trinajstić information content (AvgIpc) is 2.88. The molecule has 0 saturated carbocycles. The van der Waals surface area contributed by atoms with E-state index in [1.807, 2.05) is 0 Å². The second-order valence-corrected chi connectivity index (χ2v) is 5.42. The van der Waals surface area contributed by atoms with E-state index in [1.54, 1.807) is 0 Å². The summed E-state index contributed by atoms with van der Waals surface area (Å²) in [6.07, 6.45) is 0.865. The highest BCUT2D eigenvalue weighted by atomic mass is 16.5. The number of ether oxygens (including phenoxy) is 1. The third-order valence-corrected chi connectivity index (χ3v) is 4.55. The van der Waals surface area contributed by atoms with Gasteiger partial charge in [0.05, 0.1) is 6.61 Å². The molecule has 1 unspecified atom stereocenters. The normalized spacial score (nSPS) is 19.3. The molecule has 1 aromatic carbocycles. The van der Waals surface area contributed by atoms with Crippen LogP contribution in [0.3, 0.4) is 0 Å². The molecule has 1 aromatic rings. The van der Waals surface area contributed by atoms with Gasteiger partial charge in [-0.05, 0) is 68.9 Å². The van der Waals surface area contributed by atoms with Crippen molar-refractivity contribution in [2.45, 2.75) is 41.0 Å². The predicted molar refractivity (Wildman–Crippen MR) is 73.4 cm³/mol. The monoisotopic (exact) mass is 246 g/mol. The first kappa shape index (κ1) is 13.3. The maximum atomic E-state index is 12.6. The molecule has 1 saturated heterocycles. The van der Waals surface area contributed by atoms with Gasteiger partial charge in [-0.15, -0.1) is 0 Å². The molecule has 0 spiro atoms. The van der Waals surface area contributed by atoms with E-state index in [1.165, 1.54) is 16.7 Å². The molecular formula is C16H22O2. The number of hydrogen-bond donors (Lipinski definition) is 0. The fourth-order valence-corrected chi connectivity index (χ4v) is 2.82. The quantitative estimate of drug-likeness (QED) is 0.747. The van der Waals surface area contributed by atoms with Gasteiger partial charge < -0.3 is 4.74 Å². The molecule has 0 bridgehead atoms. The number of carbonyl (C=O) groups excluding carboxylic acids is 1. The van der Waals surface area contributed by atoms with Crippen LogP contribution in [-0.2, 0) is 4.74 Å². The number of ketones is 1. The summed E-state index contributed by atoms with van der Waals surface area (Å²) >= 11 is 0. The maximum Gasteiger partial charge on any atom is 0.168 e. The molecule has 18 heavy (non-hydrogen) atoms. The van der Waals surface area contributed by atoms with Crippen molar-refractivity contribution >= 4 is 5.78 Å². The molecule has 2 rings (SSSR count). The third kappa shape index (κ3) is 1.99. The molecule has 1 aliphatic rings. The van der Waals surface area contributed by atoms with E-state index in [0.717, 1.165) is 29.7 Å². The van der Waals surface area contributed by atoms with Gasteiger partial charge in [-0.25, -0.2) is 0 Å². The lowest BCUT2D eigenvalue weighted by atomic mass is 9.84. The van der Waals surface area contributed by atoms with Crippen molar-refractivity contribution < 1.29 is 9.53 Å². The topological polar surface area (TPSA) is 26.3 Å². The van der Waals surface area contributed by atoms with Gasteiger partial charge >= 0.3 is 0 Å². The highest BCUT2D eigenvalue weighted by Gasteiger charge is 2.28. The summed E-state index contributed by atoms with van der Waals surface area (Å²) in [6, 6.07) is 0. The van der Waals surface area contributed by atoms with Crippen LogP contribution in [0.1, 0.15) is 44.6 Å². The Morgan fingerprint density at radius 2 is 1.44 bits per heavy atom. The van der Waals surface area contributed by atoms with E-state index in [-0.39, 0.29) is 11.7 Å². The van der Waals surface area contributed by atoms with E-state index < -0.39 is 0 Å². The fraction of sp³-hybridized carbons (Fsp3) is 0.562. The first-order valence-electron chi connectivity index (χ1n) is 6.64. The SMILES string of the molecule is Cc1c(C)c(C)c(C(=O)C2CCOC2)c(C)c1C. The molecule has 0 radical (unpaired) electrons. The van der Waals surface area contributed by atoms with Crippen LogP contribution in [0.4, 0.5) is 0 Å². The molecular weight excluding hydrogens is 224 g/mol. The number of rotatable bonds is 2. The molecule has 1 heterocycles. The van der Waals surface area contributed by atoms with Gasteiger partial charge in [-0.3, -0.25) is 4.79 Å². The summed E-state index contributed by atoms with van der Waals surface area (Å²) in [7, 11) is 0. The first-order chi connectivity index (χ1) is 8.45. The summed E-state index contributed by atoms with van der Waals surface area (Å²) in [5, 5.41) is 0. The Morgan fingerprint density at radius 1 is 0.944 bits per heavy atom. The number of Topliss-reactive ketones (excluding diaryl/α,β-unsaturated/α-hetero) is 1. The van der Waals surface area contributed by atoms with Crippen LogP contribution in [0.25, 0.3) is 0 Å². The lowest BCUT2D eigenvalue weighted by molar-refractivity contribution is 0.0899. The van der Waals surface area contributed by atoms with Gasteiger partial charge in [-0.2, -0.15) is 0 Å². The number of carbonyl (C=O) groups is 1. The largest absolute Gasteiger partial charge is 0.381 e. The molecule has 1 aliphatic heterocycles. The van der Waals surface area contributed by atoms with Crippen molar-refractivity contribution in [3.05, 3.63) is 33.4 Å². The van der Waals surface area contributed by atoms with E-state index in [2.05, 4.69) is 34.6 Å². The van der Waals surface area contributed by atoms with Gasteiger partial charge in [-0.1, -0.05) is 0 Å². The molecule has 0 amide bonds. The Morgan fingerprint density at radius 3 is 1.89 bits per heavy atom. The second-order valence-electron chi connectivity index (χ2n) is 5.42. The minimum absolute atomic E-state index is 0.0592. The highest BCUT2D eigenvalue weighted by Crippen LogP contribution is 2.29. The van der Waals surface area contributed by atoms with Crippen molar-refractivity contribution in [2.75, 3.05) is 13.2 Å². The van der Waals surface area contributed by atoms with Crippen LogP contribution in [0, 0.1) is 40.5 Å². The molecule has 0 N–H and O–H groups in total. The lowest BCUT2D eigenvalue weighted by Gasteiger charge is -2.19. The van der Waals surface area contributed by atoms with Gasteiger partial charge in [0.2, 0.25) is 0 Å². The fourth-order valence-electron chi connectivity index (χ4n) is 2.82. The molecule has 1 atom stereocenters. The minimum atomic E-state index is 0.0592. The molecule has 0 aromatic heterocycles. The van der Waals surface area contributed by atoms with E-state index in [9.17, 15) is 4.79 Å². The number of hydrogen-bond acceptors (Lipinski definition) is 2. The van der Waals surface area contributed by atoms with Crippen LogP contribution in [0.2, 0.25) is 0 Å². The second kappa shape index (κ2) is 4.85. The molecule has 98 valence electrons. The summed E-state index contributed by atoms with van der Waals surface area (Å²) < 4.78 is 5.34. The average molecular weight is 246 g/mol. The smallest absolute Gasteiger partial charge is 0.168 e. The van der Waals surface area contributed by atoms with Gasteiger partial charge in [0.15, 0.2) is 5.78 Å². The summed E-state index contributed by atoms with van der Waals surface area (Å²) in [5.74, 6) is 0.331. The third-order valence-electron chi connectivity index (χ3n) is 4.55. The molecule has 2 nitrogen and oxygen atoms in total. The standard InChI is InChI=1S/C16H22O2/c1-9-10(2)12(4)15(13(5)11(9)3)16(17)14-6-7-18-8-14/h14H,6-8H2,1-5H3. The predicted octanol–water partition coefficient (Wildman–Crippen LogP) is 3.45. The zero-order chi connectivity index (χ0) is 13.4. The van der Waals surface area contributed by atoms with Crippen molar-refractivity contribution in [1.82, 2.24) is 0 Å². The van der Waals surface area contributed by atoms with E-state index >= 15 is 0 Å². The summed E-state index contributed by atoms with van der Waals surface area (Å²) in [5.41, 5.74) is 7.04. The summed E-state index contributed by atoms with van der Waals surface area (Å²) in [4.78, 5) is 12.6. The Kier molecular flexibility index (Phi) is 3.58. The van der Waals surface area contributed by atoms with Gasteiger partial charge in [0, 0.05) is 18.1 Å². The highest BCUT2D eigenvalue weighted by molar-refractivity contribution is 6.01. The molecule has 0 aliphatic carbocycles. The van der Waals surface area contributed by atoms with Crippen LogP contribution in [0.5, 0.6) is 0 Å². The lowest BCUT2D eigenvalue weighted by Crippen LogP contribution is -2.18.